The van der Waals surface area contributed by atoms with Crippen LogP contribution >= 0.6 is 0 Å². The molecule has 2 aliphatic rings. The highest BCUT2D eigenvalue weighted by Gasteiger charge is 2.36. The van der Waals surface area contributed by atoms with Crippen molar-refractivity contribution in [2.75, 3.05) is 19.6 Å². The van der Waals surface area contributed by atoms with Crippen LogP contribution in [0.25, 0.3) is 0 Å². The SMILES string of the molecule is O=C(O)[C@H]1C[C@H](CCB(O)O)CCC1CN1CCCCC1. The molecule has 1 aliphatic heterocycles. The van der Waals surface area contributed by atoms with Crippen molar-refractivity contribution in [1.82, 2.24) is 4.90 Å². The second-order valence-corrected chi connectivity index (χ2v) is 6.80. The lowest BCUT2D eigenvalue weighted by Crippen LogP contribution is -2.41. The highest BCUT2D eigenvalue weighted by atomic mass is 16.4. The average Bonchev–Trinajstić information content (AvgIpc) is 2.47. The molecule has 1 unspecified atom stereocenters. The Bertz CT molecular complexity index is 334. The lowest BCUT2D eigenvalue weighted by Gasteiger charge is -2.38. The second kappa shape index (κ2) is 8.15. The zero-order chi connectivity index (χ0) is 15.2. The number of aliphatic carboxylic acids is 1. The molecule has 1 saturated carbocycles. The molecule has 1 saturated heterocycles. The Morgan fingerprint density at radius 1 is 1.14 bits per heavy atom. The summed E-state index contributed by atoms with van der Waals surface area (Å²) in [6.07, 6.45) is 7.53. The van der Waals surface area contributed by atoms with Crippen LogP contribution in [0.15, 0.2) is 0 Å². The number of nitrogens with zero attached hydrogens (tertiary/aromatic N) is 1. The molecule has 0 aromatic carbocycles. The Labute approximate surface area is 127 Å². The first-order valence-corrected chi connectivity index (χ1v) is 8.37. The Morgan fingerprint density at radius 3 is 2.48 bits per heavy atom. The molecule has 1 heterocycles. The summed E-state index contributed by atoms with van der Waals surface area (Å²) in [6.45, 7) is 3.15. The Hall–Kier alpha value is -0.585. The average molecular weight is 297 g/mol. The summed E-state index contributed by atoms with van der Waals surface area (Å²) in [5, 5.41) is 27.4. The maximum absolute atomic E-state index is 11.6. The second-order valence-electron chi connectivity index (χ2n) is 6.80. The van der Waals surface area contributed by atoms with Gasteiger partial charge in [-0.25, -0.2) is 0 Å². The molecule has 0 amide bonds. The van der Waals surface area contributed by atoms with Gasteiger partial charge in [-0.2, -0.15) is 0 Å². The fraction of sp³-hybridized carbons (Fsp3) is 0.933. The highest BCUT2D eigenvalue weighted by molar-refractivity contribution is 6.40. The van der Waals surface area contributed by atoms with Gasteiger partial charge < -0.3 is 20.1 Å². The minimum Gasteiger partial charge on any atom is -0.481 e. The molecule has 0 bridgehead atoms. The van der Waals surface area contributed by atoms with Gasteiger partial charge in [-0.05, 0) is 56.9 Å². The molecule has 2 fully saturated rings. The van der Waals surface area contributed by atoms with E-state index in [2.05, 4.69) is 4.90 Å². The number of rotatable bonds is 6. The molecule has 6 heteroatoms. The van der Waals surface area contributed by atoms with Gasteiger partial charge >= 0.3 is 13.1 Å². The third kappa shape index (κ3) is 5.27. The number of hydrogen-bond donors (Lipinski definition) is 3. The van der Waals surface area contributed by atoms with Crippen LogP contribution in [0.5, 0.6) is 0 Å². The van der Waals surface area contributed by atoms with Crippen molar-refractivity contribution in [3.05, 3.63) is 0 Å². The van der Waals surface area contributed by atoms with E-state index in [1.807, 2.05) is 0 Å². The largest absolute Gasteiger partial charge is 0.481 e. The van der Waals surface area contributed by atoms with Gasteiger partial charge in [0.1, 0.15) is 0 Å². The number of carboxylic acid groups (broad SMARTS) is 1. The molecule has 21 heavy (non-hydrogen) atoms. The van der Waals surface area contributed by atoms with Crippen LogP contribution in [0.1, 0.15) is 44.9 Å². The first-order chi connectivity index (χ1) is 10.1. The first kappa shape index (κ1) is 16.8. The third-order valence-electron chi connectivity index (χ3n) is 5.19. The molecular weight excluding hydrogens is 269 g/mol. The maximum atomic E-state index is 11.6. The topological polar surface area (TPSA) is 81.0 Å². The minimum absolute atomic E-state index is 0.260. The minimum atomic E-state index is -1.26. The van der Waals surface area contributed by atoms with Gasteiger partial charge in [-0.15, -0.1) is 0 Å². The molecule has 3 atom stereocenters. The zero-order valence-corrected chi connectivity index (χ0v) is 12.8. The smallest absolute Gasteiger partial charge is 0.451 e. The number of hydrogen-bond acceptors (Lipinski definition) is 4. The van der Waals surface area contributed by atoms with Gasteiger partial charge in [-0.1, -0.05) is 19.3 Å². The predicted molar refractivity (Wildman–Crippen MR) is 81.9 cm³/mol. The first-order valence-electron chi connectivity index (χ1n) is 8.37. The molecule has 5 nitrogen and oxygen atoms in total. The molecule has 1 aliphatic carbocycles. The predicted octanol–water partition coefficient (Wildman–Crippen LogP) is 1.45. The standard InChI is InChI=1S/C15H28BNO4/c18-15(19)14-10-12(6-7-16(20)21)4-5-13(14)11-17-8-2-1-3-9-17/h12-14,20-21H,1-11H2,(H,18,19)/t12-,13?,14-/m0/s1. The van der Waals surface area contributed by atoms with Crippen LogP contribution in [-0.2, 0) is 4.79 Å². The number of piperidine rings is 1. The fourth-order valence-electron chi connectivity index (χ4n) is 3.96. The summed E-state index contributed by atoms with van der Waals surface area (Å²) in [4.78, 5) is 14.0. The van der Waals surface area contributed by atoms with Gasteiger partial charge in [0.05, 0.1) is 5.92 Å². The highest BCUT2D eigenvalue weighted by Crippen LogP contribution is 2.37. The number of carboxylic acids is 1. The van der Waals surface area contributed by atoms with Gasteiger partial charge in [0.15, 0.2) is 0 Å². The third-order valence-corrected chi connectivity index (χ3v) is 5.19. The van der Waals surface area contributed by atoms with Gasteiger partial charge in [0.25, 0.3) is 0 Å². The summed E-state index contributed by atoms with van der Waals surface area (Å²) < 4.78 is 0. The van der Waals surface area contributed by atoms with Gasteiger partial charge in [0, 0.05) is 6.54 Å². The molecule has 0 spiro atoms. The summed E-state index contributed by atoms with van der Waals surface area (Å²) in [7, 11) is -1.26. The van der Waals surface area contributed by atoms with E-state index in [9.17, 15) is 9.90 Å². The van der Waals surface area contributed by atoms with E-state index in [-0.39, 0.29) is 11.8 Å². The van der Waals surface area contributed by atoms with Crippen molar-refractivity contribution in [3.8, 4) is 0 Å². The Balaban J connectivity index is 1.85. The summed E-state index contributed by atoms with van der Waals surface area (Å²) in [6, 6.07) is 0. The van der Waals surface area contributed by atoms with E-state index < -0.39 is 13.1 Å². The normalized spacial score (nSPS) is 31.0. The monoisotopic (exact) mass is 297 g/mol. The van der Waals surface area contributed by atoms with E-state index in [1.165, 1.54) is 19.3 Å². The van der Waals surface area contributed by atoms with Crippen molar-refractivity contribution in [1.29, 1.82) is 0 Å². The number of carbonyl (C=O) groups is 1. The van der Waals surface area contributed by atoms with E-state index >= 15 is 0 Å². The van der Waals surface area contributed by atoms with Gasteiger partial charge in [0.2, 0.25) is 0 Å². The van der Waals surface area contributed by atoms with Crippen molar-refractivity contribution in [2.45, 2.75) is 51.3 Å². The number of likely N-dealkylation sites (tertiary alicyclic amines) is 1. The van der Waals surface area contributed by atoms with Crippen molar-refractivity contribution in [3.63, 3.8) is 0 Å². The molecule has 120 valence electrons. The lowest BCUT2D eigenvalue weighted by atomic mass is 9.69. The fourth-order valence-corrected chi connectivity index (χ4v) is 3.96. The van der Waals surface area contributed by atoms with Gasteiger partial charge in [-0.3, -0.25) is 4.79 Å². The quantitative estimate of drug-likeness (QED) is 0.647. The molecule has 0 radical (unpaired) electrons. The summed E-state index contributed by atoms with van der Waals surface area (Å²) in [5.41, 5.74) is 0. The van der Waals surface area contributed by atoms with Crippen LogP contribution in [-0.4, -0.2) is 52.8 Å². The van der Waals surface area contributed by atoms with Crippen molar-refractivity contribution in [2.24, 2.45) is 17.8 Å². The van der Waals surface area contributed by atoms with Crippen molar-refractivity contribution >= 4 is 13.1 Å². The van der Waals surface area contributed by atoms with Crippen LogP contribution in [0.2, 0.25) is 6.32 Å². The maximum Gasteiger partial charge on any atom is 0.451 e. The zero-order valence-electron chi connectivity index (χ0n) is 12.8. The van der Waals surface area contributed by atoms with Crippen molar-refractivity contribution < 1.29 is 19.9 Å². The van der Waals surface area contributed by atoms with Crippen LogP contribution in [0.3, 0.4) is 0 Å². The van der Waals surface area contributed by atoms with Crippen LogP contribution in [0, 0.1) is 17.8 Å². The molecule has 2 rings (SSSR count). The molecule has 3 N–H and O–H groups in total. The van der Waals surface area contributed by atoms with E-state index in [1.54, 1.807) is 0 Å². The molecule has 0 aromatic rings. The summed E-state index contributed by atoms with van der Waals surface area (Å²) >= 11 is 0. The summed E-state index contributed by atoms with van der Waals surface area (Å²) in [5.74, 6) is -0.353. The Kier molecular flexibility index (Phi) is 6.52. The molecule has 0 aromatic heterocycles. The van der Waals surface area contributed by atoms with E-state index in [0.29, 0.717) is 18.7 Å². The lowest BCUT2D eigenvalue weighted by molar-refractivity contribution is -0.146. The Morgan fingerprint density at radius 2 is 1.86 bits per heavy atom. The molecular formula is C15H28BNO4. The van der Waals surface area contributed by atoms with Crippen LogP contribution in [0.4, 0.5) is 0 Å². The van der Waals surface area contributed by atoms with E-state index in [0.717, 1.165) is 38.9 Å². The van der Waals surface area contributed by atoms with E-state index in [4.69, 9.17) is 10.0 Å². The van der Waals surface area contributed by atoms with Crippen LogP contribution < -0.4 is 0 Å².